The average molecular weight is 356 g/mol. The van der Waals surface area contributed by atoms with Gasteiger partial charge in [-0.3, -0.25) is 14.6 Å². The number of para-hydroxylation sites is 1. The van der Waals surface area contributed by atoms with Gasteiger partial charge in [0.2, 0.25) is 5.91 Å². The maximum Gasteiger partial charge on any atom is 0.238 e. The van der Waals surface area contributed by atoms with Crippen LogP contribution in [-0.4, -0.2) is 54.7 Å². The lowest BCUT2D eigenvalue weighted by Crippen LogP contribution is -2.48. The molecule has 0 aliphatic carbocycles. The number of nitrogens with one attached hydrogen (secondary N) is 1. The van der Waals surface area contributed by atoms with Crippen LogP contribution in [-0.2, 0) is 11.3 Å². The van der Waals surface area contributed by atoms with E-state index in [2.05, 4.69) is 45.4 Å². The summed E-state index contributed by atoms with van der Waals surface area (Å²) in [6.07, 6.45) is 2.02. The highest BCUT2D eigenvalue weighted by molar-refractivity contribution is 7.98. The quantitative estimate of drug-likeness (QED) is 0.808. The van der Waals surface area contributed by atoms with E-state index in [0.717, 1.165) is 43.3 Å². The van der Waals surface area contributed by atoms with E-state index >= 15 is 0 Å². The van der Waals surface area contributed by atoms with Crippen molar-refractivity contribution in [1.82, 2.24) is 9.80 Å². The first kappa shape index (κ1) is 18.0. The fourth-order valence-electron chi connectivity index (χ4n) is 3.09. The molecule has 0 saturated carbocycles. The molecule has 132 valence electrons. The molecule has 0 unspecified atom stereocenters. The van der Waals surface area contributed by atoms with Crippen LogP contribution in [0.4, 0.5) is 5.69 Å². The summed E-state index contributed by atoms with van der Waals surface area (Å²) in [6.45, 7) is 5.33. The number of carbonyl (C=O) groups is 1. The van der Waals surface area contributed by atoms with Gasteiger partial charge in [0.05, 0.1) is 12.2 Å². The Balaban J connectivity index is 1.45. The second kappa shape index (κ2) is 9.04. The summed E-state index contributed by atoms with van der Waals surface area (Å²) in [7, 11) is 0. The Kier molecular flexibility index (Phi) is 6.50. The molecule has 0 bridgehead atoms. The molecule has 1 saturated heterocycles. The first-order valence-corrected chi connectivity index (χ1v) is 9.88. The highest BCUT2D eigenvalue weighted by Crippen LogP contribution is 2.24. The Morgan fingerprint density at radius 2 is 1.60 bits per heavy atom. The summed E-state index contributed by atoms with van der Waals surface area (Å²) < 4.78 is 0. The molecule has 0 aromatic heterocycles. The maximum absolute atomic E-state index is 12.3. The van der Waals surface area contributed by atoms with Gasteiger partial charge in [0.25, 0.3) is 0 Å². The predicted octanol–water partition coefficient (Wildman–Crippen LogP) is 3.16. The normalized spacial score (nSPS) is 15.9. The van der Waals surface area contributed by atoms with Crippen LogP contribution >= 0.6 is 11.8 Å². The molecular formula is C20H25N3OS. The summed E-state index contributed by atoms with van der Waals surface area (Å²) in [5.74, 6) is 0.0676. The highest BCUT2D eigenvalue weighted by Gasteiger charge is 2.19. The summed E-state index contributed by atoms with van der Waals surface area (Å²) in [4.78, 5) is 18.1. The lowest BCUT2D eigenvalue weighted by molar-refractivity contribution is -0.117. The van der Waals surface area contributed by atoms with Crippen molar-refractivity contribution in [3.63, 3.8) is 0 Å². The third-order valence-corrected chi connectivity index (χ3v) is 5.26. The minimum atomic E-state index is 0.0676. The number of benzene rings is 2. The van der Waals surface area contributed by atoms with E-state index in [1.807, 2.05) is 30.5 Å². The van der Waals surface area contributed by atoms with E-state index in [9.17, 15) is 4.79 Å². The number of anilines is 1. The molecule has 0 radical (unpaired) electrons. The molecule has 1 heterocycles. The monoisotopic (exact) mass is 355 g/mol. The Morgan fingerprint density at radius 3 is 2.32 bits per heavy atom. The number of rotatable bonds is 6. The molecule has 3 rings (SSSR count). The van der Waals surface area contributed by atoms with Crippen molar-refractivity contribution in [2.75, 3.05) is 44.3 Å². The lowest BCUT2D eigenvalue weighted by atomic mass is 10.2. The molecule has 4 nitrogen and oxygen atoms in total. The topological polar surface area (TPSA) is 35.6 Å². The minimum absolute atomic E-state index is 0.0676. The molecular weight excluding hydrogens is 330 g/mol. The van der Waals surface area contributed by atoms with Gasteiger partial charge >= 0.3 is 0 Å². The van der Waals surface area contributed by atoms with Crippen molar-refractivity contribution in [1.29, 1.82) is 0 Å². The van der Waals surface area contributed by atoms with Gasteiger partial charge in [-0.25, -0.2) is 0 Å². The molecule has 1 fully saturated rings. The van der Waals surface area contributed by atoms with Crippen molar-refractivity contribution in [3.05, 3.63) is 60.2 Å². The number of piperazine rings is 1. The van der Waals surface area contributed by atoms with E-state index in [0.29, 0.717) is 6.54 Å². The number of hydrogen-bond donors (Lipinski definition) is 1. The number of amides is 1. The molecule has 2 aromatic carbocycles. The number of thioether (sulfide) groups is 1. The zero-order chi connectivity index (χ0) is 17.5. The average Bonchev–Trinajstić information content (AvgIpc) is 2.64. The number of carbonyl (C=O) groups excluding carboxylic acids is 1. The first-order chi connectivity index (χ1) is 12.2. The maximum atomic E-state index is 12.3. The number of nitrogens with zero attached hydrogens (tertiary/aromatic N) is 2. The van der Waals surface area contributed by atoms with Crippen LogP contribution in [0.5, 0.6) is 0 Å². The highest BCUT2D eigenvalue weighted by atomic mass is 32.2. The zero-order valence-electron chi connectivity index (χ0n) is 14.6. The predicted molar refractivity (Wildman–Crippen MR) is 105 cm³/mol. The summed E-state index contributed by atoms with van der Waals surface area (Å²) in [6, 6.07) is 18.5. The second-order valence-corrected chi connectivity index (χ2v) is 7.13. The SMILES string of the molecule is CSc1ccccc1NC(=O)CN1CCN(Cc2ccccc2)CC1. The summed E-state index contributed by atoms with van der Waals surface area (Å²) >= 11 is 1.65. The van der Waals surface area contributed by atoms with Crippen LogP contribution in [0.1, 0.15) is 5.56 Å². The lowest BCUT2D eigenvalue weighted by Gasteiger charge is -2.34. The molecule has 25 heavy (non-hydrogen) atoms. The van der Waals surface area contributed by atoms with Gasteiger partial charge in [-0.2, -0.15) is 0 Å². The van der Waals surface area contributed by atoms with E-state index in [-0.39, 0.29) is 5.91 Å². The van der Waals surface area contributed by atoms with Crippen LogP contribution in [0.2, 0.25) is 0 Å². The molecule has 2 aromatic rings. The van der Waals surface area contributed by atoms with Gasteiger partial charge in [0.1, 0.15) is 0 Å². The second-order valence-electron chi connectivity index (χ2n) is 6.29. The van der Waals surface area contributed by atoms with Gasteiger partial charge in [0, 0.05) is 37.6 Å². The third-order valence-electron chi connectivity index (χ3n) is 4.46. The Labute approximate surface area is 154 Å². The van der Waals surface area contributed by atoms with Gasteiger partial charge in [-0.05, 0) is 24.0 Å². The minimum Gasteiger partial charge on any atom is -0.324 e. The van der Waals surface area contributed by atoms with E-state index < -0.39 is 0 Å². The first-order valence-electron chi connectivity index (χ1n) is 8.66. The summed E-state index contributed by atoms with van der Waals surface area (Å²) in [5, 5.41) is 3.04. The van der Waals surface area contributed by atoms with Crippen LogP contribution in [0.15, 0.2) is 59.5 Å². The van der Waals surface area contributed by atoms with Crippen molar-refractivity contribution < 1.29 is 4.79 Å². The molecule has 0 spiro atoms. The van der Waals surface area contributed by atoms with Gasteiger partial charge in [-0.1, -0.05) is 42.5 Å². The van der Waals surface area contributed by atoms with Gasteiger partial charge in [-0.15, -0.1) is 11.8 Å². The Hall–Kier alpha value is -1.82. The molecule has 1 aliphatic rings. The van der Waals surface area contributed by atoms with Crippen LogP contribution < -0.4 is 5.32 Å². The van der Waals surface area contributed by atoms with Gasteiger partial charge in [0.15, 0.2) is 0 Å². The molecule has 0 atom stereocenters. The molecule has 5 heteroatoms. The van der Waals surface area contributed by atoms with E-state index in [4.69, 9.17) is 0 Å². The van der Waals surface area contributed by atoms with Crippen molar-refractivity contribution in [3.8, 4) is 0 Å². The van der Waals surface area contributed by atoms with Crippen LogP contribution in [0, 0.1) is 0 Å². The largest absolute Gasteiger partial charge is 0.324 e. The van der Waals surface area contributed by atoms with Crippen LogP contribution in [0.3, 0.4) is 0 Å². The van der Waals surface area contributed by atoms with Gasteiger partial charge < -0.3 is 5.32 Å². The van der Waals surface area contributed by atoms with Crippen molar-refractivity contribution >= 4 is 23.4 Å². The van der Waals surface area contributed by atoms with Crippen molar-refractivity contribution in [2.45, 2.75) is 11.4 Å². The van der Waals surface area contributed by atoms with E-state index in [1.54, 1.807) is 11.8 Å². The molecule has 1 aliphatic heterocycles. The fourth-order valence-corrected chi connectivity index (χ4v) is 3.64. The smallest absolute Gasteiger partial charge is 0.238 e. The standard InChI is InChI=1S/C20H25N3OS/c1-25-19-10-6-5-9-18(19)21-20(24)16-23-13-11-22(12-14-23)15-17-7-3-2-4-8-17/h2-10H,11-16H2,1H3,(H,21,24). The zero-order valence-corrected chi connectivity index (χ0v) is 15.5. The van der Waals surface area contributed by atoms with Crippen molar-refractivity contribution in [2.24, 2.45) is 0 Å². The summed E-state index contributed by atoms with van der Waals surface area (Å²) in [5.41, 5.74) is 2.25. The molecule has 1 amide bonds. The Morgan fingerprint density at radius 1 is 0.960 bits per heavy atom. The van der Waals surface area contributed by atoms with Crippen LogP contribution in [0.25, 0.3) is 0 Å². The van der Waals surface area contributed by atoms with E-state index in [1.165, 1.54) is 5.56 Å². The number of hydrogen-bond acceptors (Lipinski definition) is 4. The third kappa shape index (κ3) is 5.33. The molecule has 1 N–H and O–H groups in total. The Bertz CT molecular complexity index is 684. The fraction of sp³-hybridized carbons (Fsp3) is 0.350.